The first-order valence-electron chi connectivity index (χ1n) is 34.6. The molecule has 0 aromatic rings. The molecule has 6 heteroatoms. The number of hydrogen-bond acceptors (Lipinski definition) is 6. The van der Waals surface area contributed by atoms with E-state index in [9.17, 15) is 14.4 Å². The van der Waals surface area contributed by atoms with Crippen molar-refractivity contribution in [2.24, 2.45) is 0 Å². The van der Waals surface area contributed by atoms with Gasteiger partial charge in [0.05, 0.1) is 0 Å². The van der Waals surface area contributed by atoms with E-state index in [4.69, 9.17) is 14.2 Å². The molecule has 462 valence electrons. The molecule has 1 unspecified atom stereocenters. The maximum absolute atomic E-state index is 12.9. The highest BCUT2D eigenvalue weighted by molar-refractivity contribution is 5.71. The van der Waals surface area contributed by atoms with Crippen molar-refractivity contribution in [3.05, 3.63) is 85.1 Å². The summed E-state index contributed by atoms with van der Waals surface area (Å²) in [6, 6.07) is 0. The average Bonchev–Trinajstić information content (AvgIpc) is 3.46. The third-order valence-corrected chi connectivity index (χ3v) is 15.2. The number of carbonyl (C=O) groups excluding carboxylic acids is 3. The Morgan fingerprint density at radius 3 is 0.762 bits per heavy atom. The Hall–Kier alpha value is -3.41. The van der Waals surface area contributed by atoms with Crippen LogP contribution in [0.1, 0.15) is 348 Å². The van der Waals surface area contributed by atoms with Gasteiger partial charge in [0.2, 0.25) is 0 Å². The Kier molecular flexibility index (Phi) is 65.2. The van der Waals surface area contributed by atoms with Crippen LogP contribution in [-0.2, 0) is 28.6 Å². The lowest BCUT2D eigenvalue weighted by Crippen LogP contribution is -2.30. The van der Waals surface area contributed by atoms with Crippen LogP contribution in [0.25, 0.3) is 0 Å². The highest BCUT2D eigenvalue weighted by Crippen LogP contribution is 2.18. The van der Waals surface area contributed by atoms with Gasteiger partial charge in [0.25, 0.3) is 0 Å². The molecule has 0 saturated heterocycles. The van der Waals surface area contributed by atoms with Gasteiger partial charge < -0.3 is 14.2 Å². The number of carbonyl (C=O) groups is 3. The monoisotopic (exact) mass is 1110 g/mol. The second-order valence-electron chi connectivity index (χ2n) is 23.1. The molecule has 0 rings (SSSR count). The zero-order chi connectivity index (χ0) is 57.8. The molecule has 0 spiro atoms. The van der Waals surface area contributed by atoms with Gasteiger partial charge in [-0.15, -0.1) is 0 Å². The largest absolute Gasteiger partial charge is 0.462 e. The zero-order valence-corrected chi connectivity index (χ0v) is 53.1. The number of ether oxygens (including phenoxy) is 3. The molecular weight excluding hydrogens is 985 g/mol. The average molecular weight is 1120 g/mol. The van der Waals surface area contributed by atoms with Gasteiger partial charge in [-0.2, -0.15) is 0 Å². The molecule has 1 atom stereocenters. The van der Waals surface area contributed by atoms with Crippen molar-refractivity contribution in [1.29, 1.82) is 0 Å². The van der Waals surface area contributed by atoms with Gasteiger partial charge >= 0.3 is 17.9 Å². The van der Waals surface area contributed by atoms with Gasteiger partial charge in [0.15, 0.2) is 6.10 Å². The van der Waals surface area contributed by atoms with E-state index >= 15 is 0 Å². The van der Waals surface area contributed by atoms with Gasteiger partial charge in [-0.25, -0.2) is 0 Å². The molecule has 0 heterocycles. The number of unbranched alkanes of at least 4 members (excludes halogenated alkanes) is 38. The second kappa shape index (κ2) is 68.1. The van der Waals surface area contributed by atoms with Crippen molar-refractivity contribution < 1.29 is 28.6 Å². The molecule has 0 aromatic carbocycles. The molecule has 0 bridgehead atoms. The molecule has 0 fully saturated rings. The van der Waals surface area contributed by atoms with Gasteiger partial charge in [-0.05, 0) is 77.0 Å². The Morgan fingerprint density at radius 2 is 0.487 bits per heavy atom. The van der Waals surface area contributed by atoms with Crippen LogP contribution in [0.3, 0.4) is 0 Å². The van der Waals surface area contributed by atoms with E-state index in [0.29, 0.717) is 19.3 Å². The van der Waals surface area contributed by atoms with E-state index in [1.807, 2.05) is 0 Å². The molecule has 0 N–H and O–H groups in total. The first-order chi connectivity index (χ1) is 39.5. The molecule has 0 aliphatic heterocycles. The fraction of sp³-hybridized carbons (Fsp3) is 0.770. The van der Waals surface area contributed by atoms with Gasteiger partial charge in [-0.1, -0.05) is 337 Å². The number of hydrogen-bond donors (Lipinski definition) is 0. The Balaban J connectivity index is 4.07. The van der Waals surface area contributed by atoms with Crippen molar-refractivity contribution >= 4 is 17.9 Å². The van der Waals surface area contributed by atoms with Crippen LogP contribution in [-0.4, -0.2) is 37.2 Å². The lowest BCUT2D eigenvalue weighted by molar-refractivity contribution is -0.167. The summed E-state index contributed by atoms with van der Waals surface area (Å²) in [4.78, 5) is 38.1. The van der Waals surface area contributed by atoms with Crippen molar-refractivity contribution in [3.8, 4) is 0 Å². The predicted octanol–water partition coefficient (Wildman–Crippen LogP) is 23.8. The smallest absolute Gasteiger partial charge is 0.306 e. The third-order valence-electron chi connectivity index (χ3n) is 15.2. The topological polar surface area (TPSA) is 78.9 Å². The maximum atomic E-state index is 12.9. The van der Waals surface area contributed by atoms with E-state index in [1.54, 1.807) is 0 Å². The minimum Gasteiger partial charge on any atom is -0.462 e. The molecule has 80 heavy (non-hydrogen) atoms. The van der Waals surface area contributed by atoms with Crippen molar-refractivity contribution in [2.45, 2.75) is 354 Å². The van der Waals surface area contributed by atoms with Crippen molar-refractivity contribution in [3.63, 3.8) is 0 Å². The molecule has 6 nitrogen and oxygen atoms in total. The molecule has 0 radical (unpaired) electrons. The Labute approximate surface area is 496 Å². The quantitative estimate of drug-likeness (QED) is 0.0261. The van der Waals surface area contributed by atoms with E-state index in [0.717, 1.165) is 122 Å². The van der Waals surface area contributed by atoms with Crippen LogP contribution < -0.4 is 0 Å². The summed E-state index contributed by atoms with van der Waals surface area (Å²) in [7, 11) is 0. The first kappa shape index (κ1) is 76.6. The second-order valence-corrected chi connectivity index (χ2v) is 23.1. The summed E-state index contributed by atoms with van der Waals surface area (Å²) in [5.41, 5.74) is 0. The van der Waals surface area contributed by atoms with Crippen LogP contribution in [0.15, 0.2) is 85.1 Å². The van der Waals surface area contributed by atoms with E-state index in [2.05, 4.69) is 106 Å². The van der Waals surface area contributed by atoms with Gasteiger partial charge in [0.1, 0.15) is 13.2 Å². The Bertz CT molecular complexity index is 1520. The fourth-order valence-electron chi connectivity index (χ4n) is 10.0. The van der Waals surface area contributed by atoms with Crippen LogP contribution in [0.2, 0.25) is 0 Å². The zero-order valence-electron chi connectivity index (χ0n) is 53.1. The summed E-state index contributed by atoms with van der Waals surface area (Å²) >= 11 is 0. The van der Waals surface area contributed by atoms with Gasteiger partial charge in [-0.3, -0.25) is 14.4 Å². The normalized spacial score (nSPS) is 12.6. The number of esters is 3. The highest BCUT2D eigenvalue weighted by Gasteiger charge is 2.19. The fourth-order valence-corrected chi connectivity index (χ4v) is 10.0. The SMILES string of the molecule is CC/C=C\C/C=C\C/C=C\C/C=C\C/C=C\C/C=C\C/C=C\CCCCCCCC(=O)OC(COC(=O)CCCCCCCC)COC(=O)CCCCCCCCCCCCCCCCCCCCCCCCCCCCCCC. The minimum atomic E-state index is -0.784. The van der Waals surface area contributed by atoms with Crippen LogP contribution >= 0.6 is 0 Å². The van der Waals surface area contributed by atoms with E-state index in [1.165, 1.54) is 186 Å². The highest BCUT2D eigenvalue weighted by atomic mass is 16.6. The number of allylic oxidation sites excluding steroid dienone is 14. The lowest BCUT2D eigenvalue weighted by atomic mass is 10.0. The van der Waals surface area contributed by atoms with Crippen molar-refractivity contribution in [1.82, 2.24) is 0 Å². The summed E-state index contributed by atoms with van der Waals surface area (Å²) in [6.07, 6.45) is 90.8. The maximum Gasteiger partial charge on any atom is 0.306 e. The van der Waals surface area contributed by atoms with E-state index in [-0.39, 0.29) is 31.1 Å². The molecule has 0 aliphatic rings. The summed E-state index contributed by atoms with van der Waals surface area (Å²) in [5.74, 6) is -0.897. The Morgan fingerprint density at radius 1 is 0.263 bits per heavy atom. The summed E-state index contributed by atoms with van der Waals surface area (Å²) in [5, 5.41) is 0. The minimum absolute atomic E-state index is 0.0813. The van der Waals surface area contributed by atoms with Crippen molar-refractivity contribution in [2.75, 3.05) is 13.2 Å². The van der Waals surface area contributed by atoms with Gasteiger partial charge in [0, 0.05) is 19.3 Å². The molecule has 0 aromatic heterocycles. The number of rotatable bonds is 63. The summed E-state index contributed by atoms with van der Waals surface area (Å²) in [6.45, 7) is 6.49. The molecular formula is C74H130O6. The standard InChI is InChI=1S/C74H130O6/c1-4-7-10-13-16-18-20-22-24-26-28-30-32-34-36-37-39-40-42-44-46-48-50-52-54-56-58-61-64-67-73(76)79-70-71(69-78-72(75)66-63-60-15-12-9-6-3)80-74(77)68-65-62-59-57-55-53-51-49-47-45-43-41-38-35-33-31-29-27-25-23-21-19-17-14-11-8-5-2/h8,11,17,19,23,25,29,31,35,38,43,45,49,51,71H,4-7,9-10,12-16,18,20-22,24,26-28,30,32-34,36-37,39-42,44,46-48,50,52-70H2,1-3H3/b11-8-,19-17-,25-23-,31-29-,38-35-,45-43-,51-49-. The molecule has 0 saturated carbocycles. The molecule has 0 amide bonds. The van der Waals surface area contributed by atoms with Crippen LogP contribution in [0, 0.1) is 0 Å². The van der Waals surface area contributed by atoms with E-state index < -0.39 is 6.10 Å². The first-order valence-corrected chi connectivity index (χ1v) is 34.6. The van der Waals surface area contributed by atoms with Crippen LogP contribution in [0.5, 0.6) is 0 Å². The summed E-state index contributed by atoms with van der Waals surface area (Å²) < 4.78 is 16.8. The lowest BCUT2D eigenvalue weighted by Gasteiger charge is -2.18. The molecule has 0 aliphatic carbocycles. The predicted molar refractivity (Wildman–Crippen MR) is 348 cm³/mol. The van der Waals surface area contributed by atoms with Crippen LogP contribution in [0.4, 0.5) is 0 Å². The third kappa shape index (κ3) is 65.4.